The average Bonchev–Trinajstić information content (AvgIpc) is 2.59. The first-order valence-corrected chi connectivity index (χ1v) is 8.91. The van der Waals surface area contributed by atoms with Crippen LogP contribution in [0.1, 0.15) is 22.8 Å². The molecule has 140 valence electrons. The van der Waals surface area contributed by atoms with Crippen molar-refractivity contribution in [3.63, 3.8) is 0 Å². The van der Waals surface area contributed by atoms with Gasteiger partial charge in [-0.1, -0.05) is 42.5 Å². The van der Waals surface area contributed by atoms with Crippen molar-refractivity contribution in [3.05, 3.63) is 65.7 Å². The van der Waals surface area contributed by atoms with E-state index in [1.54, 1.807) is 4.72 Å². The second-order valence-electron chi connectivity index (χ2n) is 5.63. The van der Waals surface area contributed by atoms with Crippen LogP contribution in [0.15, 0.2) is 59.5 Å². The topological polar surface area (TPSA) is 83.5 Å². The Kier molecular flexibility index (Phi) is 5.55. The number of aliphatic hydroxyl groups is 1. The van der Waals surface area contributed by atoms with Gasteiger partial charge in [-0.05, 0) is 24.6 Å². The Hall–Kier alpha value is -2.23. The molecule has 0 aliphatic rings. The molecule has 0 bridgehead atoms. The third-order valence-corrected chi connectivity index (χ3v) is 5.23. The molecule has 0 radical (unpaired) electrons. The van der Waals surface area contributed by atoms with Gasteiger partial charge in [0.2, 0.25) is 10.0 Å². The Morgan fingerprint density at radius 3 is 2.04 bits per heavy atom. The number of hydrogen-bond donors (Lipinski definition) is 2. The van der Waals surface area contributed by atoms with Gasteiger partial charge in [0.15, 0.2) is 11.4 Å². The van der Waals surface area contributed by atoms with Crippen LogP contribution >= 0.6 is 0 Å². The van der Waals surface area contributed by atoms with E-state index in [0.717, 1.165) is 24.3 Å². The van der Waals surface area contributed by atoms with Gasteiger partial charge in [0, 0.05) is 5.56 Å². The number of Topliss-reactive ketones (excluding diaryl/α,β-unsaturated/α-hetero) is 1. The fraction of sp³-hybridized carbons (Fsp3) is 0.235. The summed E-state index contributed by atoms with van der Waals surface area (Å²) in [6, 6.07) is 10.9. The van der Waals surface area contributed by atoms with Gasteiger partial charge in [0.05, 0.1) is 11.4 Å². The molecule has 2 aromatic carbocycles. The van der Waals surface area contributed by atoms with E-state index in [-0.39, 0.29) is 16.2 Å². The lowest BCUT2D eigenvalue weighted by molar-refractivity contribution is -0.263. The summed E-state index contributed by atoms with van der Waals surface area (Å²) < 4.78 is 66.4. The highest BCUT2D eigenvalue weighted by molar-refractivity contribution is 7.89. The molecule has 9 heteroatoms. The summed E-state index contributed by atoms with van der Waals surface area (Å²) in [7, 11) is -4.33. The highest BCUT2D eigenvalue weighted by Gasteiger charge is 2.55. The lowest BCUT2D eigenvalue weighted by Crippen LogP contribution is -2.51. The molecule has 0 aromatic heterocycles. The quantitative estimate of drug-likeness (QED) is 0.747. The number of sulfonamides is 1. The van der Waals surface area contributed by atoms with Crippen LogP contribution in [0.3, 0.4) is 0 Å². The van der Waals surface area contributed by atoms with E-state index >= 15 is 0 Å². The van der Waals surface area contributed by atoms with Crippen LogP contribution in [0.25, 0.3) is 0 Å². The summed E-state index contributed by atoms with van der Waals surface area (Å²) in [5.74, 6) is -0.280. The molecule has 0 heterocycles. The first-order valence-electron chi connectivity index (χ1n) is 7.43. The van der Waals surface area contributed by atoms with Gasteiger partial charge < -0.3 is 5.11 Å². The van der Waals surface area contributed by atoms with Gasteiger partial charge in [-0.3, -0.25) is 4.79 Å². The summed E-state index contributed by atoms with van der Waals surface area (Å²) in [6.45, 7) is 0.00235. The van der Waals surface area contributed by atoms with Crippen molar-refractivity contribution < 1.29 is 31.5 Å². The maximum atomic E-state index is 13.4. The number of hydrogen-bond acceptors (Lipinski definition) is 4. The molecule has 0 aliphatic carbocycles. The smallest absolute Gasteiger partial charge is 0.375 e. The van der Waals surface area contributed by atoms with Crippen LogP contribution in [-0.2, 0) is 15.6 Å². The number of ketones is 1. The van der Waals surface area contributed by atoms with Gasteiger partial charge in [-0.25, -0.2) is 13.1 Å². The summed E-state index contributed by atoms with van der Waals surface area (Å²) in [6.07, 6.45) is -5.10. The predicted molar refractivity (Wildman–Crippen MR) is 88.0 cm³/mol. The number of benzene rings is 2. The molecular weight excluding hydrogens is 371 g/mol. The van der Waals surface area contributed by atoms with Gasteiger partial charge in [0.25, 0.3) is 0 Å². The predicted octanol–water partition coefficient (Wildman–Crippen LogP) is 2.62. The van der Waals surface area contributed by atoms with Crippen molar-refractivity contribution in [3.8, 4) is 0 Å². The zero-order valence-corrected chi connectivity index (χ0v) is 14.4. The Bertz CT molecular complexity index is 880. The van der Waals surface area contributed by atoms with Crippen molar-refractivity contribution in [2.75, 3.05) is 6.54 Å². The maximum Gasteiger partial charge on any atom is 0.422 e. The maximum absolute atomic E-state index is 13.4. The van der Waals surface area contributed by atoms with Crippen molar-refractivity contribution in [2.24, 2.45) is 0 Å². The van der Waals surface area contributed by atoms with Crippen molar-refractivity contribution in [1.29, 1.82) is 0 Å². The highest BCUT2D eigenvalue weighted by atomic mass is 32.2. The van der Waals surface area contributed by atoms with E-state index in [0.29, 0.717) is 0 Å². The van der Waals surface area contributed by atoms with E-state index in [1.807, 2.05) is 0 Å². The standard InChI is InChI=1S/C17H16F3NO4S/c1-12(22)13-7-9-15(10-8-13)26(24,25)21-11-16(23,17(18,19)20)14-5-3-2-4-6-14/h2-10,21,23H,11H2,1H3. The van der Waals surface area contributed by atoms with Crippen LogP contribution in [0.5, 0.6) is 0 Å². The van der Waals surface area contributed by atoms with Crippen molar-refractivity contribution >= 4 is 15.8 Å². The number of nitrogens with one attached hydrogen (secondary N) is 1. The molecule has 0 amide bonds. The van der Waals surface area contributed by atoms with Crippen LogP contribution in [-0.4, -0.2) is 32.0 Å². The number of alkyl halides is 3. The van der Waals surface area contributed by atoms with Gasteiger partial charge in [-0.15, -0.1) is 0 Å². The second kappa shape index (κ2) is 7.18. The number of rotatable bonds is 6. The molecule has 1 unspecified atom stereocenters. The molecule has 2 N–H and O–H groups in total. The Balaban J connectivity index is 2.29. The fourth-order valence-electron chi connectivity index (χ4n) is 2.23. The minimum atomic E-state index is -5.10. The molecule has 2 rings (SSSR count). The second-order valence-corrected chi connectivity index (χ2v) is 7.40. The lowest BCUT2D eigenvalue weighted by atomic mass is 9.93. The summed E-state index contributed by atoms with van der Waals surface area (Å²) in [4.78, 5) is 10.9. The number of halogens is 3. The third-order valence-electron chi connectivity index (χ3n) is 3.81. The Morgan fingerprint density at radius 1 is 1.04 bits per heavy atom. The van der Waals surface area contributed by atoms with E-state index in [4.69, 9.17) is 0 Å². The molecule has 0 spiro atoms. The zero-order valence-electron chi connectivity index (χ0n) is 13.6. The first kappa shape index (κ1) is 20.1. The van der Waals surface area contributed by atoms with Crippen LogP contribution in [0.2, 0.25) is 0 Å². The SMILES string of the molecule is CC(=O)c1ccc(S(=O)(=O)NCC(O)(c2ccccc2)C(F)(F)F)cc1. The van der Waals surface area contributed by atoms with Crippen LogP contribution < -0.4 is 4.72 Å². The van der Waals surface area contributed by atoms with E-state index in [1.165, 1.54) is 37.3 Å². The molecule has 1 atom stereocenters. The average molecular weight is 387 g/mol. The number of carbonyl (C=O) groups excluding carboxylic acids is 1. The highest BCUT2D eigenvalue weighted by Crippen LogP contribution is 2.38. The molecule has 0 fully saturated rings. The van der Waals surface area contributed by atoms with E-state index in [2.05, 4.69) is 0 Å². The lowest BCUT2D eigenvalue weighted by Gasteiger charge is -2.31. The van der Waals surface area contributed by atoms with Crippen molar-refractivity contribution in [1.82, 2.24) is 4.72 Å². The molecule has 2 aromatic rings. The van der Waals surface area contributed by atoms with Gasteiger partial charge in [-0.2, -0.15) is 13.2 Å². The van der Waals surface area contributed by atoms with Crippen molar-refractivity contribution in [2.45, 2.75) is 23.6 Å². The minimum Gasteiger partial charge on any atom is -0.375 e. The van der Waals surface area contributed by atoms with E-state index < -0.39 is 33.9 Å². The molecular formula is C17H16F3NO4S. The van der Waals surface area contributed by atoms with Crippen LogP contribution in [0, 0.1) is 0 Å². The normalized spacial score (nSPS) is 14.7. The number of carbonyl (C=O) groups is 1. The Labute approximate surface area is 148 Å². The molecule has 0 aliphatic heterocycles. The monoisotopic (exact) mass is 387 g/mol. The summed E-state index contributed by atoms with van der Waals surface area (Å²) in [5.41, 5.74) is -3.61. The summed E-state index contributed by atoms with van der Waals surface area (Å²) in [5, 5.41) is 10.1. The summed E-state index contributed by atoms with van der Waals surface area (Å²) >= 11 is 0. The van der Waals surface area contributed by atoms with Gasteiger partial charge >= 0.3 is 6.18 Å². The first-order chi connectivity index (χ1) is 12.0. The van der Waals surface area contributed by atoms with Gasteiger partial charge in [0.1, 0.15) is 0 Å². The molecule has 5 nitrogen and oxygen atoms in total. The van der Waals surface area contributed by atoms with E-state index in [9.17, 15) is 31.5 Å². The largest absolute Gasteiger partial charge is 0.422 e. The fourth-order valence-corrected chi connectivity index (χ4v) is 3.29. The zero-order chi connectivity index (χ0) is 19.6. The third kappa shape index (κ3) is 4.12. The Morgan fingerprint density at radius 2 is 1.58 bits per heavy atom. The van der Waals surface area contributed by atoms with Crippen LogP contribution in [0.4, 0.5) is 13.2 Å². The minimum absolute atomic E-state index is 0.264. The molecule has 0 saturated carbocycles. The molecule has 0 saturated heterocycles. The molecule has 26 heavy (non-hydrogen) atoms.